The molecule has 0 radical (unpaired) electrons. The van der Waals surface area contributed by atoms with E-state index in [2.05, 4.69) is 9.57 Å². The molecule has 0 fully saturated rings. The predicted octanol–water partition coefficient (Wildman–Crippen LogP) is 4.94. The Bertz CT molecular complexity index is 1120. The average Bonchev–Trinajstić information content (AvgIpc) is 2.78. The second-order valence-corrected chi connectivity index (χ2v) is 9.19. The van der Waals surface area contributed by atoms with E-state index < -0.39 is 22.1 Å². The third kappa shape index (κ3) is 6.17. The molecule has 0 aliphatic rings. The van der Waals surface area contributed by atoms with Gasteiger partial charge in [0, 0.05) is 18.0 Å². The fourth-order valence-electron chi connectivity index (χ4n) is 3.44. The maximum absolute atomic E-state index is 13.0. The van der Waals surface area contributed by atoms with E-state index in [0.29, 0.717) is 18.6 Å². The van der Waals surface area contributed by atoms with Crippen LogP contribution < -0.4 is 9.46 Å². The summed E-state index contributed by atoms with van der Waals surface area (Å²) in [6, 6.07) is 22.9. The van der Waals surface area contributed by atoms with Crippen LogP contribution in [0.1, 0.15) is 29.2 Å². The minimum absolute atomic E-state index is 0.222. The Kier molecular flexibility index (Phi) is 7.45. The molecular formula is C25H26N2O3S. The number of aryl methyl sites for hydroxylation is 1. The number of nitrogens with one attached hydrogen (secondary N) is 1. The SMILES string of the molecule is [C-]#[N+][C@H](C[C@H](Cc1ccccc1)NS(=O)(=O)c1ccc(C)cc1)c1ccc(OC)cc1. The molecule has 160 valence electrons. The largest absolute Gasteiger partial charge is 0.497 e. The van der Waals surface area contributed by atoms with E-state index >= 15 is 0 Å². The van der Waals surface area contributed by atoms with Gasteiger partial charge >= 0.3 is 0 Å². The van der Waals surface area contributed by atoms with Gasteiger partial charge < -0.3 is 9.58 Å². The van der Waals surface area contributed by atoms with E-state index in [4.69, 9.17) is 11.3 Å². The number of ether oxygens (including phenoxy) is 1. The molecule has 0 bridgehead atoms. The van der Waals surface area contributed by atoms with Crippen molar-refractivity contribution in [1.29, 1.82) is 0 Å². The van der Waals surface area contributed by atoms with E-state index in [0.717, 1.165) is 16.7 Å². The molecule has 0 heterocycles. The summed E-state index contributed by atoms with van der Waals surface area (Å²) in [5, 5.41) is 0. The van der Waals surface area contributed by atoms with Crippen LogP contribution in [0.2, 0.25) is 0 Å². The molecule has 0 aliphatic carbocycles. The van der Waals surface area contributed by atoms with Crippen LogP contribution in [0.3, 0.4) is 0 Å². The van der Waals surface area contributed by atoms with Gasteiger partial charge in [0.05, 0.1) is 12.0 Å². The fraction of sp³-hybridized carbons (Fsp3) is 0.240. The number of hydrogen-bond acceptors (Lipinski definition) is 3. The van der Waals surface area contributed by atoms with Crippen LogP contribution in [-0.4, -0.2) is 21.6 Å². The molecule has 6 heteroatoms. The molecule has 0 unspecified atom stereocenters. The van der Waals surface area contributed by atoms with Crippen molar-refractivity contribution in [2.24, 2.45) is 0 Å². The summed E-state index contributed by atoms with van der Waals surface area (Å²) < 4.78 is 34.1. The number of sulfonamides is 1. The Morgan fingerprint density at radius 2 is 1.61 bits per heavy atom. The van der Waals surface area contributed by atoms with E-state index in [9.17, 15) is 8.42 Å². The maximum Gasteiger partial charge on any atom is 0.250 e. The van der Waals surface area contributed by atoms with Gasteiger partial charge in [-0.15, -0.1) is 0 Å². The highest BCUT2D eigenvalue weighted by Crippen LogP contribution is 2.27. The third-order valence-corrected chi connectivity index (χ3v) is 6.68. The molecule has 0 amide bonds. The molecule has 0 aromatic heterocycles. The molecule has 3 rings (SSSR count). The minimum atomic E-state index is -3.72. The molecule has 0 saturated carbocycles. The molecule has 2 atom stereocenters. The lowest BCUT2D eigenvalue weighted by Crippen LogP contribution is -2.37. The van der Waals surface area contributed by atoms with Crippen LogP contribution in [0.4, 0.5) is 0 Å². The predicted molar refractivity (Wildman–Crippen MR) is 122 cm³/mol. The van der Waals surface area contributed by atoms with E-state index in [1.807, 2.05) is 61.5 Å². The van der Waals surface area contributed by atoms with Gasteiger partial charge in [-0.2, -0.15) is 0 Å². The topological polar surface area (TPSA) is 59.8 Å². The summed E-state index contributed by atoms with van der Waals surface area (Å²) in [6.07, 6.45) is 0.851. The first-order valence-corrected chi connectivity index (χ1v) is 11.5. The molecule has 3 aromatic rings. The van der Waals surface area contributed by atoms with Crippen molar-refractivity contribution in [1.82, 2.24) is 4.72 Å². The highest BCUT2D eigenvalue weighted by atomic mass is 32.2. The third-order valence-electron chi connectivity index (χ3n) is 5.14. The lowest BCUT2D eigenvalue weighted by molar-refractivity contribution is 0.414. The van der Waals surface area contributed by atoms with Gasteiger partial charge in [0.1, 0.15) is 5.75 Å². The molecular weight excluding hydrogens is 408 g/mol. The van der Waals surface area contributed by atoms with Crippen molar-refractivity contribution in [3.05, 3.63) is 107 Å². The normalized spacial score (nSPS) is 13.2. The molecule has 0 saturated heterocycles. The zero-order chi connectivity index (χ0) is 22.3. The van der Waals surface area contributed by atoms with Gasteiger partial charge in [0.25, 0.3) is 0 Å². The molecule has 31 heavy (non-hydrogen) atoms. The number of methoxy groups -OCH3 is 1. The number of benzene rings is 3. The van der Waals surface area contributed by atoms with E-state index in [-0.39, 0.29) is 4.90 Å². The van der Waals surface area contributed by atoms with Crippen LogP contribution in [0.15, 0.2) is 83.8 Å². The monoisotopic (exact) mass is 434 g/mol. The van der Waals surface area contributed by atoms with Crippen molar-refractivity contribution in [3.8, 4) is 5.75 Å². The van der Waals surface area contributed by atoms with Gasteiger partial charge in [-0.1, -0.05) is 48.0 Å². The average molecular weight is 435 g/mol. The molecule has 0 aliphatic heterocycles. The Labute approximate surface area is 184 Å². The Hall–Kier alpha value is -3.14. The van der Waals surface area contributed by atoms with Crippen LogP contribution in [0, 0.1) is 13.5 Å². The summed E-state index contributed by atoms with van der Waals surface area (Å²) >= 11 is 0. The van der Waals surface area contributed by atoms with E-state index in [1.165, 1.54) is 0 Å². The lowest BCUT2D eigenvalue weighted by atomic mass is 9.96. The molecule has 3 aromatic carbocycles. The lowest BCUT2D eigenvalue weighted by Gasteiger charge is -2.20. The summed E-state index contributed by atoms with van der Waals surface area (Å²) in [6.45, 7) is 9.62. The van der Waals surface area contributed by atoms with Crippen LogP contribution in [0.5, 0.6) is 5.75 Å². The van der Waals surface area contributed by atoms with Gasteiger partial charge in [-0.3, -0.25) is 0 Å². The van der Waals surface area contributed by atoms with Gasteiger partial charge in [-0.05, 0) is 55.3 Å². The standard InChI is InChI=1S/C25H26N2O3S/c1-19-9-15-24(16-10-19)31(28,29)27-22(17-20-7-5-4-6-8-20)18-25(26-2)21-11-13-23(30-3)14-12-21/h4-16,22,25,27H,17-18H2,1,3H3/t22-,25+/m0/s1. The molecule has 1 N–H and O–H groups in total. The minimum Gasteiger partial charge on any atom is -0.497 e. The Morgan fingerprint density at radius 1 is 0.968 bits per heavy atom. The van der Waals surface area contributed by atoms with Crippen molar-refractivity contribution in [2.45, 2.75) is 36.7 Å². The zero-order valence-electron chi connectivity index (χ0n) is 17.7. The maximum atomic E-state index is 13.0. The Balaban J connectivity index is 1.86. The second kappa shape index (κ2) is 10.3. The first-order chi connectivity index (χ1) is 14.9. The first kappa shape index (κ1) is 22.5. The second-order valence-electron chi connectivity index (χ2n) is 7.47. The molecule has 5 nitrogen and oxygen atoms in total. The Morgan fingerprint density at radius 3 is 2.19 bits per heavy atom. The highest BCUT2D eigenvalue weighted by Gasteiger charge is 2.27. The number of hydrogen-bond donors (Lipinski definition) is 1. The van der Waals surface area contributed by atoms with Crippen molar-refractivity contribution < 1.29 is 13.2 Å². The van der Waals surface area contributed by atoms with Gasteiger partial charge in [0.15, 0.2) is 0 Å². The van der Waals surface area contributed by atoms with Crippen LogP contribution in [-0.2, 0) is 16.4 Å². The van der Waals surface area contributed by atoms with Crippen molar-refractivity contribution in [3.63, 3.8) is 0 Å². The smallest absolute Gasteiger partial charge is 0.250 e. The zero-order valence-corrected chi connectivity index (χ0v) is 18.5. The van der Waals surface area contributed by atoms with Gasteiger partial charge in [-0.25, -0.2) is 19.7 Å². The van der Waals surface area contributed by atoms with Crippen LogP contribution >= 0.6 is 0 Å². The highest BCUT2D eigenvalue weighted by molar-refractivity contribution is 7.89. The summed E-state index contributed by atoms with van der Waals surface area (Å²) in [5.41, 5.74) is 2.84. The van der Waals surface area contributed by atoms with Crippen molar-refractivity contribution in [2.75, 3.05) is 7.11 Å². The summed E-state index contributed by atoms with van der Waals surface area (Å²) in [4.78, 5) is 4.01. The first-order valence-electron chi connectivity index (χ1n) is 10.0. The quantitative estimate of drug-likeness (QED) is 0.485. The number of nitrogens with zero attached hydrogens (tertiary/aromatic N) is 1. The summed E-state index contributed by atoms with van der Waals surface area (Å²) in [7, 11) is -2.12. The summed E-state index contributed by atoms with van der Waals surface area (Å²) in [5.74, 6) is 0.716. The van der Waals surface area contributed by atoms with Gasteiger partial charge in [0.2, 0.25) is 16.1 Å². The van der Waals surface area contributed by atoms with E-state index in [1.54, 1.807) is 31.4 Å². The van der Waals surface area contributed by atoms with Crippen LogP contribution in [0.25, 0.3) is 4.85 Å². The number of rotatable bonds is 9. The molecule has 0 spiro atoms. The van der Waals surface area contributed by atoms with Crippen molar-refractivity contribution >= 4 is 10.0 Å². The fourth-order valence-corrected chi connectivity index (χ4v) is 4.68.